The van der Waals surface area contributed by atoms with Gasteiger partial charge in [-0.25, -0.2) is 13.1 Å². The topological polar surface area (TPSA) is 120 Å². The molecule has 10 heteroatoms. The minimum atomic E-state index is -3.77. The van der Waals surface area contributed by atoms with Gasteiger partial charge in [-0.2, -0.15) is 0 Å². The molecule has 0 radical (unpaired) electrons. The van der Waals surface area contributed by atoms with Crippen LogP contribution in [0.3, 0.4) is 0 Å². The lowest BCUT2D eigenvalue weighted by atomic mass is 10.1. The number of esters is 1. The van der Waals surface area contributed by atoms with Crippen molar-refractivity contribution in [3.8, 4) is 5.75 Å². The van der Waals surface area contributed by atoms with Gasteiger partial charge in [-0.1, -0.05) is 43.7 Å². The Labute approximate surface area is 214 Å². The number of ether oxygens (including phenoxy) is 1. The van der Waals surface area contributed by atoms with Crippen molar-refractivity contribution in [1.82, 2.24) is 4.72 Å². The summed E-state index contributed by atoms with van der Waals surface area (Å²) < 4.78 is 33.9. The maximum absolute atomic E-state index is 13.0. The fraction of sp³-hybridized carbons (Fsp3) is 0.375. The molecule has 34 heavy (non-hydrogen) atoms. The molecule has 3 N–H and O–H groups in total. The average Bonchev–Trinajstić information content (AvgIpc) is 2.75. The molecular formula is C24H33Cl2N3O4S. The Balaban J connectivity index is 0.00000544. The first kappa shape index (κ1) is 31.7. The van der Waals surface area contributed by atoms with Crippen molar-refractivity contribution in [2.45, 2.75) is 57.2 Å². The van der Waals surface area contributed by atoms with E-state index in [0.717, 1.165) is 18.2 Å². The van der Waals surface area contributed by atoms with Crippen molar-refractivity contribution in [3.05, 3.63) is 65.7 Å². The normalized spacial score (nSPS) is 12.4. The van der Waals surface area contributed by atoms with Crippen LogP contribution in [-0.2, 0) is 14.8 Å². The number of carbonyl (C=O) groups excluding carboxylic acids is 1. The maximum atomic E-state index is 13.0. The zero-order valence-corrected chi connectivity index (χ0v) is 21.8. The van der Waals surface area contributed by atoms with Crippen LogP contribution in [0, 0.1) is 10.8 Å². The fourth-order valence-electron chi connectivity index (χ4n) is 3.31. The molecule has 0 saturated carbocycles. The lowest BCUT2D eigenvalue weighted by Gasteiger charge is -2.21. The van der Waals surface area contributed by atoms with Crippen LogP contribution in [0.25, 0.3) is 0 Å². The summed E-state index contributed by atoms with van der Waals surface area (Å²) in [6, 6.07) is 15.1. The van der Waals surface area contributed by atoms with E-state index in [1.54, 1.807) is 61.5 Å². The molecule has 0 heterocycles. The largest absolute Gasteiger partial charge is 0.427 e. The molecule has 0 spiro atoms. The van der Waals surface area contributed by atoms with Crippen LogP contribution >= 0.6 is 24.8 Å². The number of benzene rings is 2. The molecule has 0 aliphatic rings. The smallest absolute Gasteiger partial charge is 0.311 e. The van der Waals surface area contributed by atoms with Gasteiger partial charge in [-0.15, -0.1) is 24.8 Å². The van der Waals surface area contributed by atoms with E-state index in [9.17, 15) is 13.2 Å². The Hall–Kier alpha value is -2.26. The molecule has 7 nitrogen and oxygen atoms in total. The van der Waals surface area contributed by atoms with Crippen LogP contribution in [0.1, 0.15) is 62.3 Å². The third-order valence-electron chi connectivity index (χ3n) is 4.93. The molecule has 0 bridgehead atoms. The highest BCUT2D eigenvalue weighted by molar-refractivity contribution is 7.89. The van der Waals surface area contributed by atoms with Crippen LogP contribution in [0.2, 0.25) is 0 Å². The number of sulfonamides is 1. The summed E-state index contributed by atoms with van der Waals surface area (Å²) in [6.07, 6.45) is 3.00. The van der Waals surface area contributed by atoms with Gasteiger partial charge in [0.2, 0.25) is 10.0 Å². The Morgan fingerprint density at radius 3 is 2.24 bits per heavy atom. The summed E-state index contributed by atoms with van der Waals surface area (Å²) >= 11 is 0. The molecule has 188 valence electrons. The average molecular weight is 531 g/mol. The number of halogens is 2. The Morgan fingerprint density at radius 1 is 1.06 bits per heavy atom. The zero-order chi connectivity index (χ0) is 23.6. The molecule has 2 rings (SSSR count). The quantitative estimate of drug-likeness (QED) is 0.181. The van der Waals surface area contributed by atoms with Crippen LogP contribution in [0.4, 0.5) is 0 Å². The Bertz CT molecular complexity index is 1020. The summed E-state index contributed by atoms with van der Waals surface area (Å²) in [5, 5.41) is 14.3. The van der Waals surface area contributed by atoms with Gasteiger partial charge in [-0.3, -0.25) is 4.79 Å². The van der Waals surface area contributed by atoms with Gasteiger partial charge in [0.15, 0.2) is 0 Å². The van der Waals surface area contributed by atoms with Gasteiger partial charge in [0, 0.05) is 18.2 Å². The zero-order valence-electron chi connectivity index (χ0n) is 19.3. The molecule has 0 aliphatic heterocycles. The van der Waals surface area contributed by atoms with E-state index < -0.39 is 27.3 Å². The molecule has 0 aliphatic carbocycles. The van der Waals surface area contributed by atoms with E-state index in [0.29, 0.717) is 23.4 Å². The summed E-state index contributed by atoms with van der Waals surface area (Å²) in [5.41, 5.74) is 1.91. The predicted molar refractivity (Wildman–Crippen MR) is 142 cm³/mol. The first-order valence-electron chi connectivity index (χ1n) is 10.7. The van der Waals surface area contributed by atoms with Crippen LogP contribution in [0.15, 0.2) is 54.6 Å². The number of hydrogen-bond donors (Lipinski definition) is 3. The van der Waals surface area contributed by atoms with Gasteiger partial charge in [0.1, 0.15) is 11.0 Å². The van der Waals surface area contributed by atoms with E-state index in [1.165, 1.54) is 0 Å². The lowest BCUT2D eigenvalue weighted by Crippen LogP contribution is -2.36. The monoisotopic (exact) mass is 529 g/mol. The predicted octanol–water partition coefficient (Wildman–Crippen LogP) is 5.47. The van der Waals surface area contributed by atoms with E-state index in [1.807, 2.05) is 6.92 Å². The molecule has 0 amide bonds. The number of rotatable bonds is 13. The van der Waals surface area contributed by atoms with E-state index in [-0.39, 0.29) is 44.1 Å². The van der Waals surface area contributed by atoms with E-state index in [4.69, 9.17) is 15.6 Å². The van der Waals surface area contributed by atoms with Crippen LogP contribution in [-0.4, -0.2) is 32.4 Å². The van der Waals surface area contributed by atoms with Crippen molar-refractivity contribution < 1.29 is 17.9 Å². The maximum Gasteiger partial charge on any atom is 0.311 e. The summed E-state index contributed by atoms with van der Waals surface area (Å²) in [6.45, 7) is 3.71. The van der Waals surface area contributed by atoms with Crippen molar-refractivity contribution in [3.63, 3.8) is 0 Å². The summed E-state index contributed by atoms with van der Waals surface area (Å²) in [5.74, 6) is -0.162. The van der Waals surface area contributed by atoms with E-state index >= 15 is 0 Å². The number of hydrogen-bond acceptors (Lipinski definition) is 6. The van der Waals surface area contributed by atoms with Crippen LogP contribution in [0.5, 0.6) is 5.75 Å². The first-order valence-corrected chi connectivity index (χ1v) is 12.2. The second-order valence-corrected chi connectivity index (χ2v) is 9.56. The van der Waals surface area contributed by atoms with Crippen molar-refractivity contribution in [2.24, 2.45) is 0 Å². The number of nitrogens with one attached hydrogen (secondary N) is 3. The minimum Gasteiger partial charge on any atom is -0.427 e. The molecule has 2 aromatic carbocycles. The third-order valence-corrected chi connectivity index (χ3v) is 6.92. The SMILES string of the molecule is CCCC(=N)c1ccc(OC(=O)CCC(c2ccccc2)S(=O)(=O)NC(C)CC=N)cc1.Cl.Cl. The Morgan fingerprint density at radius 2 is 1.68 bits per heavy atom. The van der Waals surface area contributed by atoms with Gasteiger partial charge < -0.3 is 15.6 Å². The van der Waals surface area contributed by atoms with Crippen molar-refractivity contribution in [2.75, 3.05) is 0 Å². The molecule has 2 aromatic rings. The van der Waals surface area contributed by atoms with Crippen molar-refractivity contribution in [1.29, 1.82) is 10.8 Å². The molecule has 2 atom stereocenters. The molecule has 0 aromatic heterocycles. The third kappa shape index (κ3) is 9.93. The van der Waals surface area contributed by atoms with Gasteiger partial charge in [-0.05, 0) is 67.8 Å². The van der Waals surface area contributed by atoms with E-state index in [2.05, 4.69) is 4.72 Å². The minimum absolute atomic E-state index is 0. The van der Waals surface area contributed by atoms with Gasteiger partial charge in [0.05, 0.1) is 0 Å². The standard InChI is InChI=1S/C24H31N3O4S.2ClH/c1-3-7-22(26)19-10-12-21(13-11-19)31-24(28)15-14-23(20-8-5-4-6-9-20)32(29,30)27-18(2)16-17-25;;/h4-6,8-13,17-18,23,25-27H,3,7,14-16H2,1-2H3;2*1H. The lowest BCUT2D eigenvalue weighted by molar-refractivity contribution is -0.134. The first-order chi connectivity index (χ1) is 15.3. The highest BCUT2D eigenvalue weighted by Gasteiger charge is 2.29. The molecule has 0 saturated heterocycles. The van der Waals surface area contributed by atoms with Gasteiger partial charge >= 0.3 is 5.97 Å². The highest BCUT2D eigenvalue weighted by atomic mass is 35.5. The fourth-order valence-corrected chi connectivity index (χ4v) is 5.07. The molecule has 0 fully saturated rings. The molecule has 2 unspecified atom stereocenters. The van der Waals surface area contributed by atoms with Gasteiger partial charge in [0.25, 0.3) is 0 Å². The second-order valence-electron chi connectivity index (χ2n) is 7.67. The summed E-state index contributed by atoms with van der Waals surface area (Å²) in [4.78, 5) is 12.4. The molecular weight excluding hydrogens is 497 g/mol. The highest BCUT2D eigenvalue weighted by Crippen LogP contribution is 2.27. The van der Waals surface area contributed by atoms with Crippen LogP contribution < -0.4 is 9.46 Å². The Kier molecular flexibility index (Phi) is 14.6. The second kappa shape index (κ2) is 15.6. The van der Waals surface area contributed by atoms with Crippen molar-refractivity contribution >= 4 is 52.7 Å². The summed E-state index contributed by atoms with van der Waals surface area (Å²) in [7, 11) is -3.77. The number of carbonyl (C=O) groups is 1.